The Morgan fingerprint density at radius 2 is 2.04 bits per heavy atom. The summed E-state index contributed by atoms with van der Waals surface area (Å²) in [7, 11) is 1.42. The lowest BCUT2D eigenvalue weighted by atomic mass is 10.0. The molecule has 0 spiro atoms. The highest BCUT2D eigenvalue weighted by Crippen LogP contribution is 2.17. The number of aryl methyl sites for hydroxylation is 2. The van der Waals surface area contributed by atoms with Crippen LogP contribution in [0.15, 0.2) is 0 Å². The van der Waals surface area contributed by atoms with Crippen LogP contribution in [0, 0.1) is 13.8 Å². The van der Waals surface area contributed by atoms with Crippen LogP contribution in [0.25, 0.3) is 0 Å². The van der Waals surface area contributed by atoms with Gasteiger partial charge in [-0.25, -0.2) is 9.97 Å². The van der Waals surface area contributed by atoms with Crippen molar-refractivity contribution in [1.29, 1.82) is 0 Å². The average Bonchev–Trinajstić information content (AvgIpc) is 2.81. The normalized spacial score (nSPS) is 19.9. The number of aliphatic hydroxyl groups is 1. The zero-order valence-corrected chi connectivity index (χ0v) is 16.7. The van der Waals surface area contributed by atoms with Gasteiger partial charge >= 0.3 is 0 Å². The van der Waals surface area contributed by atoms with Crippen molar-refractivity contribution in [2.75, 3.05) is 52.3 Å². The summed E-state index contributed by atoms with van der Waals surface area (Å²) in [5, 5.41) is 13.4. The van der Waals surface area contributed by atoms with E-state index in [0.29, 0.717) is 19.6 Å². The van der Waals surface area contributed by atoms with Gasteiger partial charge in [-0.15, -0.1) is 0 Å². The van der Waals surface area contributed by atoms with Crippen LogP contribution in [0.3, 0.4) is 0 Å². The molecule has 0 aliphatic carbocycles. The van der Waals surface area contributed by atoms with Gasteiger partial charge < -0.3 is 30.5 Å². The summed E-state index contributed by atoms with van der Waals surface area (Å²) in [6.07, 6.45) is 0.734. The van der Waals surface area contributed by atoms with Gasteiger partial charge in [0, 0.05) is 31.5 Å². The number of β-amino-alcohol motifs (C(OH)–C–C–N with tert-alkyl or cyclic N) is 1. The van der Waals surface area contributed by atoms with Gasteiger partial charge in [0.2, 0.25) is 17.8 Å². The van der Waals surface area contributed by atoms with Gasteiger partial charge in [-0.2, -0.15) is 0 Å². The highest BCUT2D eigenvalue weighted by molar-refractivity contribution is 5.77. The topological polar surface area (TPSA) is 140 Å². The van der Waals surface area contributed by atoms with Crippen molar-refractivity contribution in [2.45, 2.75) is 32.3 Å². The second-order valence-corrected chi connectivity index (χ2v) is 7.03. The maximum absolute atomic E-state index is 12.7. The number of nitrogens with two attached hydrogens (primary N) is 1. The minimum atomic E-state index is -1.36. The molecule has 156 valence electrons. The fraction of sp³-hybridized carbons (Fsp3) is 0.667. The molecule has 0 aromatic carbocycles. The van der Waals surface area contributed by atoms with Crippen molar-refractivity contribution in [1.82, 2.24) is 20.2 Å². The van der Waals surface area contributed by atoms with Gasteiger partial charge in [0.25, 0.3) is 0 Å². The van der Waals surface area contributed by atoms with Crippen LogP contribution < -0.4 is 11.1 Å². The van der Waals surface area contributed by atoms with E-state index >= 15 is 0 Å². The molecule has 1 atom stereocenters. The SMILES string of the molecule is COCC(=O)NC[C@@]1(O)COCCN(C(=O)CCc2c(C)nc(N)nc2C)C1. The van der Waals surface area contributed by atoms with Crippen LogP contribution in [-0.2, 0) is 25.5 Å². The lowest BCUT2D eigenvalue weighted by molar-refractivity contribution is -0.134. The molecule has 4 N–H and O–H groups in total. The number of ether oxygens (including phenoxy) is 2. The number of nitrogen functional groups attached to an aromatic ring is 1. The Kier molecular flexibility index (Phi) is 7.67. The number of amides is 2. The molecule has 2 rings (SSSR count). The Morgan fingerprint density at radius 1 is 1.36 bits per heavy atom. The number of aromatic nitrogens is 2. The molecule has 2 amide bonds. The van der Waals surface area contributed by atoms with Crippen LogP contribution >= 0.6 is 0 Å². The Bertz CT molecular complexity index is 691. The Hall–Kier alpha value is -2.30. The van der Waals surface area contributed by atoms with Crippen molar-refractivity contribution in [3.05, 3.63) is 17.0 Å². The van der Waals surface area contributed by atoms with Gasteiger partial charge in [0.15, 0.2) is 0 Å². The first kappa shape index (κ1) is 22.0. The van der Waals surface area contributed by atoms with Gasteiger partial charge in [-0.05, 0) is 25.8 Å². The second-order valence-electron chi connectivity index (χ2n) is 7.03. The molecule has 0 radical (unpaired) electrons. The van der Waals surface area contributed by atoms with Crippen molar-refractivity contribution < 1.29 is 24.2 Å². The molecule has 1 fully saturated rings. The maximum atomic E-state index is 12.7. The van der Waals surface area contributed by atoms with E-state index in [2.05, 4.69) is 15.3 Å². The molecule has 2 heterocycles. The summed E-state index contributed by atoms with van der Waals surface area (Å²) in [5.41, 5.74) is 6.70. The summed E-state index contributed by atoms with van der Waals surface area (Å²) < 4.78 is 10.2. The monoisotopic (exact) mass is 395 g/mol. The lowest BCUT2D eigenvalue weighted by Crippen LogP contribution is -2.53. The number of nitrogens with zero attached hydrogens (tertiary/aromatic N) is 3. The summed E-state index contributed by atoms with van der Waals surface area (Å²) in [5.74, 6) is -0.231. The summed E-state index contributed by atoms with van der Waals surface area (Å²) in [4.78, 5) is 34.2. The quantitative estimate of drug-likeness (QED) is 0.532. The molecule has 1 aromatic rings. The summed E-state index contributed by atoms with van der Waals surface area (Å²) in [6, 6.07) is 0. The van der Waals surface area contributed by atoms with E-state index in [0.717, 1.165) is 17.0 Å². The number of carbonyl (C=O) groups excluding carboxylic acids is 2. The first-order chi connectivity index (χ1) is 13.2. The van der Waals surface area contributed by atoms with Gasteiger partial charge in [0.1, 0.15) is 12.2 Å². The highest BCUT2D eigenvalue weighted by atomic mass is 16.5. The van der Waals surface area contributed by atoms with Gasteiger partial charge in [-0.3, -0.25) is 9.59 Å². The molecule has 10 heteroatoms. The molecule has 10 nitrogen and oxygen atoms in total. The van der Waals surface area contributed by atoms with Crippen LogP contribution in [-0.4, -0.2) is 84.0 Å². The molecular weight excluding hydrogens is 366 g/mol. The van der Waals surface area contributed by atoms with E-state index in [1.165, 1.54) is 7.11 Å². The van der Waals surface area contributed by atoms with Crippen LogP contribution in [0.1, 0.15) is 23.4 Å². The highest BCUT2D eigenvalue weighted by Gasteiger charge is 2.34. The Balaban J connectivity index is 1.97. The summed E-state index contributed by atoms with van der Waals surface area (Å²) in [6.45, 7) is 4.37. The third kappa shape index (κ3) is 6.11. The van der Waals surface area contributed by atoms with E-state index in [-0.39, 0.29) is 50.5 Å². The molecule has 1 saturated heterocycles. The van der Waals surface area contributed by atoms with E-state index in [4.69, 9.17) is 15.2 Å². The fourth-order valence-electron chi connectivity index (χ4n) is 3.20. The van der Waals surface area contributed by atoms with Crippen molar-refractivity contribution in [3.8, 4) is 0 Å². The van der Waals surface area contributed by atoms with Crippen molar-refractivity contribution >= 4 is 17.8 Å². The minimum Gasteiger partial charge on any atom is -0.384 e. The van der Waals surface area contributed by atoms with Crippen molar-refractivity contribution in [3.63, 3.8) is 0 Å². The van der Waals surface area contributed by atoms with Crippen LogP contribution in [0.4, 0.5) is 5.95 Å². The zero-order chi connectivity index (χ0) is 20.7. The first-order valence-electron chi connectivity index (χ1n) is 9.17. The smallest absolute Gasteiger partial charge is 0.246 e. The van der Waals surface area contributed by atoms with Crippen LogP contribution in [0.5, 0.6) is 0 Å². The maximum Gasteiger partial charge on any atom is 0.246 e. The molecule has 1 aromatic heterocycles. The number of nitrogens with one attached hydrogen (secondary N) is 1. The molecule has 1 aliphatic heterocycles. The molecule has 0 unspecified atom stereocenters. The van der Waals surface area contributed by atoms with E-state index in [1.807, 2.05) is 13.8 Å². The fourth-order valence-corrected chi connectivity index (χ4v) is 3.20. The lowest BCUT2D eigenvalue weighted by Gasteiger charge is -2.31. The standard InChI is InChI=1S/C18H29N5O5/c1-12-14(13(2)22-17(19)21-12)4-5-16(25)23-6-7-28-11-18(26,10-23)9-20-15(24)8-27-3/h26H,4-11H2,1-3H3,(H,20,24)(H2,19,21,22)/t18-/m0/s1. The number of hydrogen-bond donors (Lipinski definition) is 3. The zero-order valence-electron chi connectivity index (χ0n) is 16.7. The predicted octanol–water partition coefficient (Wildman–Crippen LogP) is -1.04. The van der Waals surface area contributed by atoms with E-state index < -0.39 is 5.60 Å². The largest absolute Gasteiger partial charge is 0.384 e. The minimum absolute atomic E-state index is 0.0248. The van der Waals surface area contributed by atoms with E-state index in [9.17, 15) is 14.7 Å². The molecule has 1 aliphatic rings. The average molecular weight is 395 g/mol. The van der Waals surface area contributed by atoms with Gasteiger partial charge in [0.05, 0.1) is 26.3 Å². The third-order valence-corrected chi connectivity index (χ3v) is 4.63. The molecule has 0 saturated carbocycles. The molecule has 0 bridgehead atoms. The molecule has 28 heavy (non-hydrogen) atoms. The number of methoxy groups -OCH3 is 1. The first-order valence-corrected chi connectivity index (χ1v) is 9.17. The Morgan fingerprint density at radius 3 is 2.68 bits per heavy atom. The second kappa shape index (κ2) is 9.76. The predicted molar refractivity (Wildman–Crippen MR) is 101 cm³/mol. The number of hydrogen-bond acceptors (Lipinski definition) is 8. The number of rotatable bonds is 7. The number of anilines is 1. The summed E-state index contributed by atoms with van der Waals surface area (Å²) >= 11 is 0. The number of carbonyl (C=O) groups is 2. The van der Waals surface area contributed by atoms with E-state index in [1.54, 1.807) is 4.90 Å². The molecular formula is C18H29N5O5. The van der Waals surface area contributed by atoms with Gasteiger partial charge in [-0.1, -0.05) is 0 Å². The Labute approximate surface area is 164 Å². The third-order valence-electron chi connectivity index (χ3n) is 4.63. The van der Waals surface area contributed by atoms with Crippen molar-refractivity contribution in [2.24, 2.45) is 0 Å². The van der Waals surface area contributed by atoms with Crippen LogP contribution in [0.2, 0.25) is 0 Å².